The number of alkyl halides is 2. The molecule has 23 heavy (non-hydrogen) atoms. The predicted octanol–water partition coefficient (Wildman–Crippen LogP) is 1.19. The highest BCUT2D eigenvalue weighted by molar-refractivity contribution is 5.87. The van der Waals surface area contributed by atoms with Gasteiger partial charge in [0.25, 0.3) is 6.43 Å². The molecule has 0 radical (unpaired) electrons. The maximum atomic E-state index is 12.4. The van der Waals surface area contributed by atoms with Crippen LogP contribution in [0.5, 0.6) is 0 Å². The first-order valence-corrected chi connectivity index (χ1v) is 7.49. The predicted molar refractivity (Wildman–Crippen MR) is 79.6 cm³/mol. The summed E-state index contributed by atoms with van der Waals surface area (Å²) in [5.74, 6) is -0.421. The number of carbonyl (C=O) groups excluding carboxylic acids is 2. The summed E-state index contributed by atoms with van der Waals surface area (Å²) in [5.41, 5.74) is 0.540. The molecule has 1 saturated heterocycles. The minimum Gasteiger partial charge on any atom is -0.350 e. The van der Waals surface area contributed by atoms with Gasteiger partial charge in [-0.15, -0.1) is 0 Å². The lowest BCUT2D eigenvalue weighted by Crippen LogP contribution is -2.42. The second kappa shape index (κ2) is 7.85. The average molecular weight is 326 g/mol. The first-order chi connectivity index (χ1) is 11.0. The highest BCUT2D eigenvalue weighted by atomic mass is 19.3. The smallest absolute Gasteiger partial charge is 0.257 e. The van der Waals surface area contributed by atoms with Crippen molar-refractivity contribution in [3.8, 4) is 0 Å². The van der Waals surface area contributed by atoms with E-state index in [4.69, 9.17) is 0 Å². The van der Waals surface area contributed by atoms with E-state index in [-0.39, 0.29) is 24.3 Å². The number of aromatic nitrogens is 2. The van der Waals surface area contributed by atoms with Gasteiger partial charge in [0.1, 0.15) is 6.54 Å². The molecule has 0 saturated carbocycles. The van der Waals surface area contributed by atoms with Gasteiger partial charge in [-0.1, -0.05) is 6.58 Å². The Morgan fingerprint density at radius 2 is 2.13 bits per heavy atom. The second-order valence-electron chi connectivity index (χ2n) is 5.42. The number of rotatable bonds is 6. The number of carbonyl (C=O) groups is 2. The summed E-state index contributed by atoms with van der Waals surface area (Å²) in [4.78, 5) is 25.3. The summed E-state index contributed by atoms with van der Waals surface area (Å²) in [5, 5.41) is 6.58. The van der Waals surface area contributed by atoms with Crippen molar-refractivity contribution in [3.63, 3.8) is 0 Å². The Kier molecular flexibility index (Phi) is 5.84. The van der Waals surface area contributed by atoms with Crippen LogP contribution in [0.1, 0.15) is 18.5 Å². The Labute approximate surface area is 133 Å². The molecule has 0 unspecified atom stereocenters. The zero-order valence-electron chi connectivity index (χ0n) is 12.8. The molecule has 6 nitrogen and oxygen atoms in total. The maximum Gasteiger partial charge on any atom is 0.257 e. The van der Waals surface area contributed by atoms with Gasteiger partial charge < -0.3 is 10.2 Å². The van der Waals surface area contributed by atoms with Crippen molar-refractivity contribution in [1.29, 1.82) is 0 Å². The van der Waals surface area contributed by atoms with E-state index in [0.29, 0.717) is 31.6 Å². The van der Waals surface area contributed by atoms with Crippen LogP contribution in [-0.2, 0) is 22.7 Å². The molecule has 0 bridgehead atoms. The third kappa shape index (κ3) is 4.61. The number of hydrogen-bond acceptors (Lipinski definition) is 3. The van der Waals surface area contributed by atoms with Crippen molar-refractivity contribution in [2.45, 2.75) is 32.4 Å². The van der Waals surface area contributed by atoms with Gasteiger partial charge in [0.15, 0.2) is 0 Å². The van der Waals surface area contributed by atoms with Crippen LogP contribution in [0.4, 0.5) is 8.78 Å². The van der Waals surface area contributed by atoms with E-state index in [9.17, 15) is 18.4 Å². The van der Waals surface area contributed by atoms with Gasteiger partial charge in [-0.05, 0) is 25.0 Å². The van der Waals surface area contributed by atoms with Gasteiger partial charge in [-0.25, -0.2) is 8.78 Å². The summed E-state index contributed by atoms with van der Waals surface area (Å²) in [6.45, 7) is 4.16. The van der Waals surface area contributed by atoms with Crippen LogP contribution in [0.3, 0.4) is 0 Å². The van der Waals surface area contributed by atoms with Crippen molar-refractivity contribution >= 4 is 11.8 Å². The topological polar surface area (TPSA) is 67.2 Å². The number of hydrogen-bond donors (Lipinski definition) is 1. The molecule has 1 N–H and O–H groups in total. The fourth-order valence-corrected chi connectivity index (χ4v) is 2.62. The standard InChI is InChI=1S/C15H20F2N4O2/c1-2-14(22)20-7-4-11(5-8-20)15(23)18-9-12-3-6-19-21(12)10-13(16)17/h2-3,6,11,13H,1,4-5,7-10H2,(H,18,23). The third-order valence-corrected chi connectivity index (χ3v) is 3.91. The highest BCUT2D eigenvalue weighted by Crippen LogP contribution is 2.17. The highest BCUT2D eigenvalue weighted by Gasteiger charge is 2.26. The number of nitrogens with zero attached hydrogens (tertiary/aromatic N) is 3. The molecule has 1 fully saturated rings. The molecule has 2 amide bonds. The molecule has 0 atom stereocenters. The molecule has 2 rings (SSSR count). The zero-order valence-corrected chi connectivity index (χ0v) is 12.8. The van der Waals surface area contributed by atoms with Gasteiger partial charge >= 0.3 is 0 Å². The Morgan fingerprint density at radius 1 is 1.43 bits per heavy atom. The molecule has 1 aromatic rings. The van der Waals surface area contributed by atoms with Crippen molar-refractivity contribution in [2.75, 3.05) is 13.1 Å². The Balaban J connectivity index is 1.81. The number of likely N-dealkylation sites (tertiary alicyclic amines) is 1. The fraction of sp³-hybridized carbons (Fsp3) is 0.533. The van der Waals surface area contributed by atoms with Crippen LogP contribution in [0, 0.1) is 5.92 Å². The lowest BCUT2D eigenvalue weighted by molar-refractivity contribution is -0.132. The van der Waals surface area contributed by atoms with E-state index >= 15 is 0 Å². The first-order valence-electron chi connectivity index (χ1n) is 7.49. The summed E-state index contributed by atoms with van der Waals surface area (Å²) >= 11 is 0. The van der Waals surface area contributed by atoms with Crippen LogP contribution < -0.4 is 5.32 Å². The van der Waals surface area contributed by atoms with Crippen LogP contribution in [-0.4, -0.2) is 46.0 Å². The minimum atomic E-state index is -2.49. The molecule has 0 spiro atoms. The number of piperidine rings is 1. The Bertz CT molecular complexity index is 566. The molecule has 0 aliphatic carbocycles. The van der Waals surface area contributed by atoms with E-state index in [1.54, 1.807) is 11.0 Å². The summed E-state index contributed by atoms with van der Waals surface area (Å²) in [7, 11) is 0. The monoisotopic (exact) mass is 326 g/mol. The molecule has 1 aliphatic heterocycles. The van der Waals surface area contributed by atoms with E-state index in [1.807, 2.05) is 0 Å². The van der Waals surface area contributed by atoms with E-state index in [0.717, 1.165) is 0 Å². The first kappa shape index (κ1) is 17.1. The molecule has 1 aromatic heterocycles. The average Bonchev–Trinajstić information content (AvgIpc) is 2.98. The quantitative estimate of drug-likeness (QED) is 0.799. The summed E-state index contributed by atoms with van der Waals surface area (Å²) < 4.78 is 26.0. The van der Waals surface area contributed by atoms with Gasteiger partial charge in [0.2, 0.25) is 11.8 Å². The molecule has 126 valence electrons. The molecule has 1 aliphatic rings. The zero-order chi connectivity index (χ0) is 16.8. The van der Waals surface area contributed by atoms with E-state index in [2.05, 4.69) is 17.0 Å². The van der Waals surface area contributed by atoms with Crippen molar-refractivity contribution in [2.24, 2.45) is 5.92 Å². The number of halogens is 2. The molecule has 2 heterocycles. The molecular formula is C15H20F2N4O2. The second-order valence-corrected chi connectivity index (χ2v) is 5.42. The van der Waals surface area contributed by atoms with E-state index in [1.165, 1.54) is 17.0 Å². The van der Waals surface area contributed by atoms with Crippen LogP contribution in [0.15, 0.2) is 24.9 Å². The summed E-state index contributed by atoms with van der Waals surface area (Å²) in [6, 6.07) is 1.61. The largest absolute Gasteiger partial charge is 0.350 e. The van der Waals surface area contributed by atoms with Crippen molar-refractivity contribution in [3.05, 3.63) is 30.6 Å². The lowest BCUT2D eigenvalue weighted by atomic mass is 9.96. The Hall–Kier alpha value is -2.25. The molecule has 8 heteroatoms. The van der Waals surface area contributed by atoms with Crippen molar-refractivity contribution in [1.82, 2.24) is 20.0 Å². The normalized spacial score (nSPS) is 15.7. The number of amides is 2. The maximum absolute atomic E-state index is 12.4. The van der Waals surface area contributed by atoms with E-state index < -0.39 is 13.0 Å². The van der Waals surface area contributed by atoms with Gasteiger partial charge in [0, 0.05) is 25.2 Å². The fourth-order valence-electron chi connectivity index (χ4n) is 2.62. The van der Waals surface area contributed by atoms with Crippen LogP contribution >= 0.6 is 0 Å². The third-order valence-electron chi connectivity index (χ3n) is 3.91. The number of nitrogens with one attached hydrogen (secondary N) is 1. The van der Waals surface area contributed by atoms with Crippen LogP contribution in [0.25, 0.3) is 0 Å². The van der Waals surface area contributed by atoms with Gasteiger partial charge in [-0.3, -0.25) is 14.3 Å². The van der Waals surface area contributed by atoms with Crippen LogP contribution in [0.2, 0.25) is 0 Å². The minimum absolute atomic E-state index is 0.125. The SMILES string of the molecule is C=CC(=O)N1CCC(C(=O)NCc2ccnn2CC(F)F)CC1. The van der Waals surface area contributed by atoms with Gasteiger partial charge in [0.05, 0.1) is 12.2 Å². The van der Waals surface area contributed by atoms with Crippen molar-refractivity contribution < 1.29 is 18.4 Å². The molecule has 0 aromatic carbocycles. The lowest BCUT2D eigenvalue weighted by Gasteiger charge is -2.30. The molecular weight excluding hydrogens is 306 g/mol. The van der Waals surface area contributed by atoms with Gasteiger partial charge in [-0.2, -0.15) is 5.10 Å². The summed E-state index contributed by atoms with van der Waals surface area (Å²) in [6.07, 6.45) is 1.38. The Morgan fingerprint density at radius 3 is 2.74 bits per heavy atom.